The van der Waals surface area contributed by atoms with Crippen LogP contribution in [0.25, 0.3) is 0 Å². The van der Waals surface area contributed by atoms with E-state index in [4.69, 9.17) is 0 Å². The van der Waals surface area contributed by atoms with E-state index >= 15 is 0 Å². The van der Waals surface area contributed by atoms with Crippen LogP contribution in [-0.2, 0) is 5.75 Å². The van der Waals surface area contributed by atoms with Crippen LogP contribution in [0.1, 0.15) is 15.9 Å². The van der Waals surface area contributed by atoms with Crippen LogP contribution in [-0.4, -0.2) is 51.9 Å². The monoisotopic (exact) mass is 409 g/mol. The van der Waals surface area contributed by atoms with E-state index in [1.165, 1.54) is 23.9 Å². The Balaban J connectivity index is 1.41. The summed E-state index contributed by atoms with van der Waals surface area (Å²) in [5.41, 5.74) is 1.58. The zero-order valence-corrected chi connectivity index (χ0v) is 16.6. The lowest BCUT2D eigenvalue weighted by Crippen LogP contribution is -2.49. The molecular formula is C21H20FN5OS. The van der Waals surface area contributed by atoms with Gasteiger partial charge in [-0.3, -0.25) is 4.79 Å². The number of piperazine rings is 1. The molecule has 1 fully saturated rings. The lowest BCUT2D eigenvalue weighted by molar-refractivity contribution is 0.0742. The molecule has 1 aromatic carbocycles. The highest BCUT2D eigenvalue weighted by Gasteiger charge is 2.25. The number of halogens is 1. The molecule has 0 atom stereocenters. The summed E-state index contributed by atoms with van der Waals surface area (Å²) in [4.78, 5) is 30.0. The van der Waals surface area contributed by atoms with E-state index in [2.05, 4.69) is 19.9 Å². The third-order valence-electron chi connectivity index (χ3n) is 4.69. The van der Waals surface area contributed by atoms with E-state index < -0.39 is 0 Å². The third kappa shape index (κ3) is 4.71. The molecule has 0 saturated carbocycles. The van der Waals surface area contributed by atoms with E-state index in [0.29, 0.717) is 48.5 Å². The minimum atomic E-state index is -0.257. The summed E-state index contributed by atoms with van der Waals surface area (Å²) >= 11 is 1.48. The number of rotatable bonds is 5. The fourth-order valence-electron chi connectivity index (χ4n) is 3.14. The Hall–Kier alpha value is -3.00. The summed E-state index contributed by atoms with van der Waals surface area (Å²) in [5.74, 6) is 1.04. The first-order chi connectivity index (χ1) is 14.2. The van der Waals surface area contributed by atoms with Crippen LogP contribution >= 0.6 is 11.8 Å². The molecule has 0 unspecified atom stereocenters. The number of carbonyl (C=O) groups is 1. The standard InChI is InChI=1S/C21H20FN5OS/c22-17-6-4-16(5-7-17)15-29-19-18(3-1-8-23-19)20(28)26-11-13-27(14-12-26)21-24-9-2-10-25-21/h1-10H,11-15H2. The smallest absolute Gasteiger partial charge is 0.256 e. The van der Waals surface area contributed by atoms with Gasteiger partial charge in [0.15, 0.2) is 0 Å². The highest BCUT2D eigenvalue weighted by molar-refractivity contribution is 7.98. The number of amides is 1. The minimum Gasteiger partial charge on any atom is -0.337 e. The van der Waals surface area contributed by atoms with Crippen molar-refractivity contribution in [3.63, 3.8) is 0 Å². The summed E-state index contributed by atoms with van der Waals surface area (Å²) < 4.78 is 13.1. The van der Waals surface area contributed by atoms with Crippen molar-refractivity contribution in [3.05, 3.63) is 78.0 Å². The lowest BCUT2D eigenvalue weighted by atomic mass is 10.2. The Morgan fingerprint density at radius 2 is 1.62 bits per heavy atom. The number of anilines is 1. The molecule has 3 heterocycles. The summed E-state index contributed by atoms with van der Waals surface area (Å²) in [7, 11) is 0. The van der Waals surface area contributed by atoms with Gasteiger partial charge in [0, 0.05) is 50.5 Å². The molecule has 4 rings (SSSR count). The molecule has 29 heavy (non-hydrogen) atoms. The second-order valence-corrected chi connectivity index (χ2v) is 7.56. The average Bonchev–Trinajstić information content (AvgIpc) is 2.79. The van der Waals surface area contributed by atoms with Gasteiger partial charge in [-0.05, 0) is 35.9 Å². The molecule has 2 aromatic heterocycles. The van der Waals surface area contributed by atoms with Gasteiger partial charge in [0.05, 0.1) is 5.56 Å². The number of nitrogens with zero attached hydrogens (tertiary/aromatic N) is 5. The molecular weight excluding hydrogens is 389 g/mol. The molecule has 8 heteroatoms. The normalized spacial score (nSPS) is 14.1. The maximum absolute atomic E-state index is 13.1. The number of thioether (sulfide) groups is 1. The molecule has 1 saturated heterocycles. The predicted molar refractivity (Wildman–Crippen MR) is 110 cm³/mol. The summed E-state index contributed by atoms with van der Waals surface area (Å²) in [5, 5.41) is 0.690. The summed E-state index contributed by atoms with van der Waals surface area (Å²) in [6.07, 6.45) is 5.13. The highest BCUT2D eigenvalue weighted by Crippen LogP contribution is 2.26. The van der Waals surface area contributed by atoms with E-state index in [0.717, 1.165) is 5.56 Å². The first kappa shape index (κ1) is 19.3. The van der Waals surface area contributed by atoms with Crippen molar-refractivity contribution in [2.45, 2.75) is 10.8 Å². The molecule has 0 radical (unpaired) electrons. The van der Waals surface area contributed by atoms with E-state index in [1.54, 1.807) is 42.9 Å². The Morgan fingerprint density at radius 1 is 0.931 bits per heavy atom. The van der Waals surface area contributed by atoms with Crippen molar-refractivity contribution in [1.29, 1.82) is 0 Å². The molecule has 3 aromatic rings. The van der Waals surface area contributed by atoms with Crippen LogP contribution in [0.3, 0.4) is 0 Å². The first-order valence-corrected chi connectivity index (χ1v) is 10.3. The fraction of sp³-hybridized carbons (Fsp3) is 0.238. The number of hydrogen-bond donors (Lipinski definition) is 0. The van der Waals surface area contributed by atoms with Crippen molar-refractivity contribution >= 4 is 23.6 Å². The van der Waals surface area contributed by atoms with Gasteiger partial charge in [-0.15, -0.1) is 11.8 Å². The topological polar surface area (TPSA) is 62.2 Å². The third-order valence-corrected chi connectivity index (χ3v) is 5.77. The van der Waals surface area contributed by atoms with Crippen molar-refractivity contribution in [1.82, 2.24) is 19.9 Å². The van der Waals surface area contributed by atoms with Gasteiger partial charge in [0.25, 0.3) is 5.91 Å². The van der Waals surface area contributed by atoms with Gasteiger partial charge in [0.2, 0.25) is 5.95 Å². The Kier molecular flexibility index (Phi) is 6.00. The Labute approximate surface area is 172 Å². The number of carbonyl (C=O) groups excluding carboxylic acids is 1. The van der Waals surface area contributed by atoms with E-state index in [-0.39, 0.29) is 11.7 Å². The first-order valence-electron chi connectivity index (χ1n) is 9.34. The van der Waals surface area contributed by atoms with Gasteiger partial charge in [-0.2, -0.15) is 0 Å². The van der Waals surface area contributed by atoms with Gasteiger partial charge in [-0.1, -0.05) is 12.1 Å². The fourth-order valence-corrected chi connectivity index (χ4v) is 4.08. The van der Waals surface area contributed by atoms with Gasteiger partial charge in [-0.25, -0.2) is 19.3 Å². The number of aromatic nitrogens is 3. The number of benzene rings is 1. The molecule has 148 valence electrons. The quantitative estimate of drug-likeness (QED) is 0.603. The van der Waals surface area contributed by atoms with Crippen molar-refractivity contribution in [3.8, 4) is 0 Å². The summed E-state index contributed by atoms with van der Waals surface area (Å²) in [6, 6.07) is 11.8. The minimum absolute atomic E-state index is 0.0201. The van der Waals surface area contributed by atoms with E-state index in [9.17, 15) is 9.18 Å². The second kappa shape index (κ2) is 9.00. The number of hydrogen-bond acceptors (Lipinski definition) is 6. The van der Waals surface area contributed by atoms with E-state index in [1.807, 2.05) is 11.0 Å². The molecule has 1 aliphatic heterocycles. The largest absolute Gasteiger partial charge is 0.337 e. The average molecular weight is 409 g/mol. The van der Waals surface area contributed by atoms with Crippen LogP contribution in [0.2, 0.25) is 0 Å². The zero-order chi connectivity index (χ0) is 20.1. The second-order valence-electron chi connectivity index (χ2n) is 6.60. The lowest BCUT2D eigenvalue weighted by Gasteiger charge is -2.34. The molecule has 0 bridgehead atoms. The maximum atomic E-state index is 13.1. The molecule has 6 nitrogen and oxygen atoms in total. The Morgan fingerprint density at radius 3 is 2.34 bits per heavy atom. The SMILES string of the molecule is O=C(c1cccnc1SCc1ccc(F)cc1)N1CCN(c2ncccn2)CC1. The molecule has 1 aliphatic rings. The highest BCUT2D eigenvalue weighted by atomic mass is 32.2. The van der Waals surface area contributed by atoms with Crippen LogP contribution < -0.4 is 4.90 Å². The van der Waals surface area contributed by atoms with Gasteiger partial charge in [0.1, 0.15) is 10.8 Å². The Bertz CT molecular complexity index is 962. The summed E-state index contributed by atoms with van der Waals surface area (Å²) in [6.45, 7) is 2.59. The van der Waals surface area contributed by atoms with Gasteiger partial charge >= 0.3 is 0 Å². The van der Waals surface area contributed by atoms with Crippen molar-refractivity contribution < 1.29 is 9.18 Å². The van der Waals surface area contributed by atoms with Crippen LogP contribution in [0.5, 0.6) is 0 Å². The van der Waals surface area contributed by atoms with Crippen molar-refractivity contribution in [2.75, 3.05) is 31.1 Å². The maximum Gasteiger partial charge on any atom is 0.256 e. The van der Waals surface area contributed by atoms with Crippen LogP contribution in [0, 0.1) is 5.82 Å². The van der Waals surface area contributed by atoms with Crippen LogP contribution in [0.15, 0.2) is 66.1 Å². The zero-order valence-electron chi connectivity index (χ0n) is 15.7. The molecule has 0 aliphatic carbocycles. The molecule has 1 amide bonds. The predicted octanol–water partition coefficient (Wildman–Crippen LogP) is 3.27. The van der Waals surface area contributed by atoms with Crippen LogP contribution in [0.4, 0.5) is 10.3 Å². The van der Waals surface area contributed by atoms with Gasteiger partial charge < -0.3 is 9.80 Å². The molecule has 0 spiro atoms. The van der Waals surface area contributed by atoms with Crippen molar-refractivity contribution in [2.24, 2.45) is 0 Å². The molecule has 0 N–H and O–H groups in total. The number of pyridine rings is 1.